The number of nitrogens with zero attached hydrogens (tertiary/aromatic N) is 2. The van der Waals surface area contributed by atoms with Crippen LogP contribution in [0.3, 0.4) is 0 Å². The Balaban J connectivity index is 2.09. The van der Waals surface area contributed by atoms with Crippen molar-refractivity contribution in [1.29, 1.82) is 0 Å². The van der Waals surface area contributed by atoms with E-state index in [9.17, 15) is 4.79 Å². The summed E-state index contributed by atoms with van der Waals surface area (Å²) in [6.45, 7) is 5.59. The lowest BCUT2D eigenvalue weighted by molar-refractivity contribution is 0.100. The highest BCUT2D eigenvalue weighted by Gasteiger charge is 2.11. The Morgan fingerprint density at radius 3 is 2.44 bits per heavy atom. The molecule has 2 rings (SSSR count). The smallest absolute Gasteiger partial charge is 0.278 e. The minimum absolute atomic E-state index is 0.284. The largest absolute Gasteiger partial charge is 0.387 e. The summed E-state index contributed by atoms with van der Waals surface area (Å²) >= 11 is 0. The number of carbonyl (C=O) groups is 1. The normalized spacial score (nSPS) is 16.7. The zero-order chi connectivity index (χ0) is 13.0. The van der Waals surface area contributed by atoms with E-state index >= 15 is 0 Å². The van der Waals surface area contributed by atoms with Crippen molar-refractivity contribution in [2.24, 2.45) is 10.7 Å². The van der Waals surface area contributed by atoms with E-state index in [2.05, 4.69) is 15.2 Å². The van der Waals surface area contributed by atoms with Gasteiger partial charge in [-0.15, -0.1) is 0 Å². The van der Waals surface area contributed by atoms with Gasteiger partial charge in [0.05, 0.1) is 0 Å². The number of piperazine rings is 1. The predicted octanol–water partition coefficient (Wildman–Crippen LogP) is 0.614. The van der Waals surface area contributed by atoms with E-state index in [-0.39, 0.29) is 11.7 Å². The molecule has 0 bridgehead atoms. The number of hydrogen-bond acceptors (Lipinski definition) is 3. The van der Waals surface area contributed by atoms with E-state index in [1.165, 1.54) is 0 Å². The van der Waals surface area contributed by atoms with Gasteiger partial charge in [0.2, 0.25) is 0 Å². The first-order valence-corrected chi connectivity index (χ1v) is 6.07. The molecule has 0 radical (unpaired) electrons. The van der Waals surface area contributed by atoms with Crippen molar-refractivity contribution in [3.63, 3.8) is 0 Å². The van der Waals surface area contributed by atoms with Crippen molar-refractivity contribution in [3.05, 3.63) is 29.8 Å². The van der Waals surface area contributed by atoms with Crippen LogP contribution in [0.5, 0.6) is 0 Å². The Bertz CT molecular complexity index is 443. The lowest BCUT2D eigenvalue weighted by atomic mass is 10.1. The van der Waals surface area contributed by atoms with Crippen molar-refractivity contribution >= 4 is 17.4 Å². The predicted molar refractivity (Wildman–Crippen MR) is 73.2 cm³/mol. The Morgan fingerprint density at radius 2 is 1.89 bits per heavy atom. The highest BCUT2D eigenvalue weighted by atomic mass is 16.1. The molecule has 1 fully saturated rings. The number of nitrogens with one attached hydrogen (secondary N) is 1. The van der Waals surface area contributed by atoms with E-state index < -0.39 is 0 Å². The van der Waals surface area contributed by atoms with E-state index in [0.29, 0.717) is 5.56 Å². The second-order valence-electron chi connectivity index (χ2n) is 4.34. The zero-order valence-corrected chi connectivity index (χ0v) is 10.5. The minimum atomic E-state index is -0.290. The van der Waals surface area contributed by atoms with Gasteiger partial charge in [0, 0.05) is 37.4 Å². The van der Waals surface area contributed by atoms with Crippen molar-refractivity contribution in [2.75, 3.05) is 31.1 Å². The number of amidine groups is 1. The van der Waals surface area contributed by atoms with Gasteiger partial charge in [0.25, 0.3) is 5.91 Å². The summed E-state index contributed by atoms with van der Waals surface area (Å²) in [5.74, 6) is -0.00644. The zero-order valence-electron chi connectivity index (χ0n) is 10.5. The van der Waals surface area contributed by atoms with Gasteiger partial charge >= 0.3 is 0 Å². The van der Waals surface area contributed by atoms with Crippen molar-refractivity contribution < 1.29 is 4.79 Å². The standard InChI is InChI=1S/C13H18N4O/c1-10(14)16-13(18)11-2-4-12(5-3-11)17-8-6-15-7-9-17/h2-5,15H,6-9H2,1H3,(H2,14,16,18). The number of carbonyl (C=O) groups excluding carboxylic acids is 1. The van der Waals surface area contributed by atoms with E-state index in [1.807, 2.05) is 12.1 Å². The van der Waals surface area contributed by atoms with Crippen LogP contribution in [0.4, 0.5) is 5.69 Å². The number of amides is 1. The van der Waals surface area contributed by atoms with Gasteiger partial charge in [-0.05, 0) is 31.2 Å². The summed E-state index contributed by atoms with van der Waals surface area (Å²) in [6, 6.07) is 7.51. The Hall–Kier alpha value is -1.88. The monoisotopic (exact) mass is 246 g/mol. The van der Waals surface area contributed by atoms with Gasteiger partial charge in [-0.2, -0.15) is 4.99 Å². The first-order valence-electron chi connectivity index (χ1n) is 6.07. The number of benzene rings is 1. The molecule has 18 heavy (non-hydrogen) atoms. The van der Waals surface area contributed by atoms with Crippen molar-refractivity contribution in [2.45, 2.75) is 6.92 Å². The summed E-state index contributed by atoms with van der Waals surface area (Å²) in [5, 5.41) is 3.31. The Kier molecular flexibility index (Phi) is 3.94. The second-order valence-corrected chi connectivity index (χ2v) is 4.34. The van der Waals surface area contributed by atoms with Crippen LogP contribution in [0, 0.1) is 0 Å². The maximum Gasteiger partial charge on any atom is 0.278 e. The van der Waals surface area contributed by atoms with Crippen molar-refractivity contribution in [1.82, 2.24) is 5.32 Å². The highest BCUT2D eigenvalue weighted by molar-refractivity contribution is 6.02. The molecule has 0 aromatic heterocycles. The van der Waals surface area contributed by atoms with Crippen LogP contribution in [0.2, 0.25) is 0 Å². The first-order chi connectivity index (χ1) is 8.66. The second kappa shape index (κ2) is 5.64. The van der Waals surface area contributed by atoms with Crippen LogP contribution >= 0.6 is 0 Å². The summed E-state index contributed by atoms with van der Waals surface area (Å²) in [4.78, 5) is 17.7. The average Bonchev–Trinajstić information content (AvgIpc) is 2.39. The van der Waals surface area contributed by atoms with Crippen LogP contribution in [0.15, 0.2) is 29.3 Å². The van der Waals surface area contributed by atoms with Gasteiger partial charge in [0.1, 0.15) is 5.84 Å². The van der Waals surface area contributed by atoms with Gasteiger partial charge in [0.15, 0.2) is 0 Å². The third-order valence-corrected chi connectivity index (χ3v) is 2.87. The molecule has 1 aliphatic rings. The third kappa shape index (κ3) is 3.07. The number of anilines is 1. The third-order valence-electron chi connectivity index (χ3n) is 2.87. The number of hydrogen-bond donors (Lipinski definition) is 2. The van der Waals surface area contributed by atoms with Crippen LogP contribution in [0.1, 0.15) is 17.3 Å². The molecule has 1 aliphatic heterocycles. The summed E-state index contributed by atoms with van der Waals surface area (Å²) < 4.78 is 0. The molecular formula is C13H18N4O. The molecule has 0 unspecified atom stereocenters. The van der Waals surface area contributed by atoms with Crippen LogP contribution in [-0.4, -0.2) is 37.9 Å². The topological polar surface area (TPSA) is 70.7 Å². The maximum absolute atomic E-state index is 11.7. The summed E-state index contributed by atoms with van der Waals surface area (Å²) in [5.41, 5.74) is 7.10. The lowest BCUT2D eigenvalue weighted by Gasteiger charge is -2.29. The fourth-order valence-electron chi connectivity index (χ4n) is 1.96. The highest BCUT2D eigenvalue weighted by Crippen LogP contribution is 2.16. The fraction of sp³-hybridized carbons (Fsp3) is 0.385. The van der Waals surface area contributed by atoms with Crippen LogP contribution in [0.25, 0.3) is 0 Å². The van der Waals surface area contributed by atoms with Crippen LogP contribution < -0.4 is 16.0 Å². The lowest BCUT2D eigenvalue weighted by Crippen LogP contribution is -2.43. The number of aliphatic imine (C=N–C) groups is 1. The number of nitrogens with two attached hydrogens (primary N) is 1. The van der Waals surface area contributed by atoms with Gasteiger partial charge in [-0.25, -0.2) is 0 Å². The van der Waals surface area contributed by atoms with E-state index in [1.54, 1.807) is 19.1 Å². The molecule has 0 aliphatic carbocycles. The Labute approximate surface area is 107 Å². The van der Waals surface area contributed by atoms with Gasteiger partial charge < -0.3 is 16.0 Å². The summed E-state index contributed by atoms with van der Waals surface area (Å²) in [7, 11) is 0. The molecule has 1 saturated heterocycles. The molecule has 0 atom stereocenters. The maximum atomic E-state index is 11.7. The SMILES string of the molecule is CC(N)=NC(=O)c1ccc(N2CCNCC2)cc1. The molecule has 5 heteroatoms. The van der Waals surface area contributed by atoms with Gasteiger partial charge in [-0.3, -0.25) is 4.79 Å². The molecule has 3 N–H and O–H groups in total. The van der Waals surface area contributed by atoms with E-state index in [4.69, 9.17) is 5.73 Å². The quantitative estimate of drug-likeness (QED) is 0.592. The number of rotatable bonds is 2. The molecule has 0 saturated carbocycles. The molecule has 1 heterocycles. The molecular weight excluding hydrogens is 228 g/mol. The van der Waals surface area contributed by atoms with Gasteiger partial charge in [-0.1, -0.05) is 0 Å². The fourth-order valence-corrected chi connectivity index (χ4v) is 1.96. The van der Waals surface area contributed by atoms with Crippen LogP contribution in [-0.2, 0) is 0 Å². The minimum Gasteiger partial charge on any atom is -0.387 e. The van der Waals surface area contributed by atoms with Crippen molar-refractivity contribution in [3.8, 4) is 0 Å². The molecule has 0 spiro atoms. The van der Waals surface area contributed by atoms with E-state index in [0.717, 1.165) is 31.9 Å². The average molecular weight is 246 g/mol. The molecule has 1 amide bonds. The molecule has 5 nitrogen and oxygen atoms in total. The first kappa shape index (κ1) is 12.6. The molecule has 1 aromatic carbocycles. The summed E-state index contributed by atoms with van der Waals surface area (Å²) in [6.07, 6.45) is 0. The molecule has 1 aromatic rings. The Morgan fingerprint density at radius 1 is 1.28 bits per heavy atom. The molecule has 96 valence electrons.